The molecule has 1 N–H and O–H groups in total. The van der Waals surface area contributed by atoms with Crippen LogP contribution in [0.3, 0.4) is 0 Å². The highest BCUT2D eigenvalue weighted by molar-refractivity contribution is 7.88. The second kappa shape index (κ2) is 10.4. The Kier molecular flexibility index (Phi) is 7.84. The Morgan fingerprint density at radius 1 is 1.03 bits per heavy atom. The van der Waals surface area contributed by atoms with Crippen molar-refractivity contribution in [1.29, 1.82) is 0 Å². The van der Waals surface area contributed by atoms with E-state index in [2.05, 4.69) is 43.4 Å². The number of piperidine rings is 1. The minimum absolute atomic E-state index is 0.00520. The normalized spacial score (nSPS) is 15.9. The number of carbonyl (C=O) groups excluding carboxylic acids is 1. The molecular weight excluding hydrogens is 415 g/mol. The maximum Gasteiger partial charge on any atom is 0.223 e. The average Bonchev–Trinajstić information content (AvgIpc) is 2.75. The highest BCUT2D eigenvalue weighted by Crippen LogP contribution is 2.22. The summed E-state index contributed by atoms with van der Waals surface area (Å²) in [5, 5.41) is 2.99. The smallest absolute Gasteiger partial charge is 0.223 e. The molecule has 0 bridgehead atoms. The third-order valence-electron chi connectivity index (χ3n) is 5.84. The molecular formula is C24H31FN2O3S. The van der Waals surface area contributed by atoms with E-state index in [1.54, 1.807) is 0 Å². The van der Waals surface area contributed by atoms with Gasteiger partial charge < -0.3 is 5.32 Å². The van der Waals surface area contributed by atoms with Crippen LogP contribution < -0.4 is 5.32 Å². The number of halogens is 1. The summed E-state index contributed by atoms with van der Waals surface area (Å²) in [4.78, 5) is 12.5. The molecule has 0 atom stereocenters. The average molecular weight is 447 g/mol. The van der Waals surface area contributed by atoms with Crippen molar-refractivity contribution in [3.63, 3.8) is 0 Å². The SMILES string of the molecule is CC(C)c1ccc(CCNC(=O)C2CCN(S(=O)(=O)Cc3ccc(F)cc3)CC2)cc1. The van der Waals surface area contributed by atoms with Crippen LogP contribution in [0.2, 0.25) is 0 Å². The number of amides is 1. The molecule has 0 unspecified atom stereocenters. The summed E-state index contributed by atoms with van der Waals surface area (Å²) in [6, 6.07) is 14.0. The first-order valence-electron chi connectivity index (χ1n) is 10.8. The zero-order chi connectivity index (χ0) is 22.4. The van der Waals surface area contributed by atoms with Crippen LogP contribution in [0.1, 0.15) is 49.3 Å². The molecule has 0 saturated carbocycles. The Labute approximate surface area is 184 Å². The van der Waals surface area contributed by atoms with Crippen molar-refractivity contribution in [1.82, 2.24) is 9.62 Å². The van der Waals surface area contributed by atoms with Crippen molar-refractivity contribution < 1.29 is 17.6 Å². The van der Waals surface area contributed by atoms with Crippen LogP contribution in [-0.4, -0.2) is 38.3 Å². The first kappa shape index (κ1) is 23.4. The molecule has 0 aromatic heterocycles. The number of hydrogen-bond acceptors (Lipinski definition) is 3. The van der Waals surface area contributed by atoms with Crippen LogP contribution in [0.4, 0.5) is 4.39 Å². The molecule has 7 heteroatoms. The molecule has 0 spiro atoms. The predicted molar refractivity (Wildman–Crippen MR) is 121 cm³/mol. The largest absolute Gasteiger partial charge is 0.356 e. The van der Waals surface area contributed by atoms with Crippen LogP contribution in [0.25, 0.3) is 0 Å². The van der Waals surface area contributed by atoms with Crippen molar-refractivity contribution in [2.24, 2.45) is 5.92 Å². The van der Waals surface area contributed by atoms with Gasteiger partial charge in [0.05, 0.1) is 5.75 Å². The molecule has 1 saturated heterocycles. The second-order valence-corrected chi connectivity index (χ2v) is 10.5. The molecule has 2 aromatic carbocycles. The minimum atomic E-state index is -3.48. The van der Waals surface area contributed by atoms with Gasteiger partial charge in [-0.05, 0) is 54.0 Å². The second-order valence-electron chi connectivity index (χ2n) is 8.49. The Balaban J connectivity index is 1.43. The first-order valence-corrected chi connectivity index (χ1v) is 12.4. The molecule has 2 aromatic rings. The summed E-state index contributed by atoms with van der Waals surface area (Å²) >= 11 is 0. The Morgan fingerprint density at radius 3 is 2.19 bits per heavy atom. The van der Waals surface area contributed by atoms with Gasteiger partial charge in [0, 0.05) is 25.6 Å². The highest BCUT2D eigenvalue weighted by Gasteiger charge is 2.31. The van der Waals surface area contributed by atoms with Gasteiger partial charge in [-0.15, -0.1) is 0 Å². The van der Waals surface area contributed by atoms with E-state index in [0.29, 0.717) is 44.0 Å². The summed E-state index contributed by atoms with van der Waals surface area (Å²) in [5.74, 6) is -0.214. The summed E-state index contributed by atoms with van der Waals surface area (Å²) in [6.07, 6.45) is 1.80. The summed E-state index contributed by atoms with van der Waals surface area (Å²) in [6.45, 7) is 5.56. The van der Waals surface area contributed by atoms with Gasteiger partial charge in [0.1, 0.15) is 5.82 Å². The Bertz CT molecular complexity index is 965. The maximum absolute atomic E-state index is 13.0. The van der Waals surface area contributed by atoms with Gasteiger partial charge in [0.15, 0.2) is 0 Å². The number of rotatable bonds is 8. The molecule has 3 rings (SSSR count). The summed E-state index contributed by atoms with van der Waals surface area (Å²) in [5.41, 5.74) is 3.04. The fourth-order valence-corrected chi connectivity index (χ4v) is 5.39. The van der Waals surface area contributed by atoms with Crippen molar-refractivity contribution >= 4 is 15.9 Å². The van der Waals surface area contributed by atoms with E-state index < -0.39 is 10.0 Å². The number of benzene rings is 2. The van der Waals surface area contributed by atoms with Gasteiger partial charge in [0.25, 0.3) is 0 Å². The maximum atomic E-state index is 13.0. The molecule has 5 nitrogen and oxygen atoms in total. The predicted octanol–water partition coefficient (Wildman–Crippen LogP) is 3.85. The number of carbonyl (C=O) groups is 1. The van der Waals surface area contributed by atoms with E-state index in [1.165, 1.54) is 39.7 Å². The van der Waals surface area contributed by atoms with Gasteiger partial charge in [-0.1, -0.05) is 50.2 Å². The van der Waals surface area contributed by atoms with Crippen molar-refractivity contribution in [2.75, 3.05) is 19.6 Å². The fourth-order valence-electron chi connectivity index (χ4n) is 3.82. The Hall–Kier alpha value is -2.25. The molecule has 1 fully saturated rings. The minimum Gasteiger partial charge on any atom is -0.356 e. The Morgan fingerprint density at radius 2 is 1.61 bits per heavy atom. The van der Waals surface area contributed by atoms with Gasteiger partial charge in [-0.25, -0.2) is 17.1 Å². The van der Waals surface area contributed by atoms with E-state index in [-0.39, 0.29) is 23.4 Å². The third-order valence-corrected chi connectivity index (χ3v) is 7.69. The van der Waals surface area contributed by atoms with E-state index in [1.807, 2.05) is 0 Å². The quantitative estimate of drug-likeness (QED) is 0.670. The molecule has 168 valence electrons. The molecule has 1 aliphatic rings. The molecule has 31 heavy (non-hydrogen) atoms. The zero-order valence-corrected chi connectivity index (χ0v) is 19.0. The number of nitrogens with one attached hydrogen (secondary N) is 1. The molecule has 1 amide bonds. The lowest BCUT2D eigenvalue weighted by Gasteiger charge is -2.30. The van der Waals surface area contributed by atoms with Crippen molar-refractivity contribution in [3.05, 3.63) is 71.0 Å². The fraction of sp³-hybridized carbons (Fsp3) is 0.458. The number of hydrogen-bond donors (Lipinski definition) is 1. The summed E-state index contributed by atoms with van der Waals surface area (Å²) < 4.78 is 39.8. The van der Waals surface area contributed by atoms with Gasteiger partial charge in [-0.3, -0.25) is 4.79 Å². The van der Waals surface area contributed by atoms with Crippen molar-refractivity contribution in [2.45, 2.75) is 44.8 Å². The zero-order valence-electron chi connectivity index (χ0n) is 18.2. The molecule has 0 aliphatic carbocycles. The van der Waals surface area contributed by atoms with E-state index >= 15 is 0 Å². The molecule has 0 radical (unpaired) electrons. The van der Waals surface area contributed by atoms with Crippen LogP contribution in [0, 0.1) is 11.7 Å². The highest BCUT2D eigenvalue weighted by atomic mass is 32.2. The van der Waals surface area contributed by atoms with E-state index in [4.69, 9.17) is 0 Å². The van der Waals surface area contributed by atoms with Crippen LogP contribution in [0.15, 0.2) is 48.5 Å². The monoisotopic (exact) mass is 446 g/mol. The van der Waals surface area contributed by atoms with Crippen LogP contribution in [0.5, 0.6) is 0 Å². The number of nitrogens with zero attached hydrogens (tertiary/aromatic N) is 1. The molecule has 1 aliphatic heterocycles. The standard InChI is InChI=1S/C24H31FN2O3S/c1-18(2)21-7-3-19(4-8-21)11-14-26-24(28)22-12-15-27(16-13-22)31(29,30)17-20-5-9-23(25)10-6-20/h3-10,18,22H,11-17H2,1-2H3,(H,26,28). The lowest BCUT2D eigenvalue weighted by molar-refractivity contribution is -0.126. The van der Waals surface area contributed by atoms with Crippen LogP contribution in [-0.2, 0) is 27.0 Å². The van der Waals surface area contributed by atoms with E-state index in [9.17, 15) is 17.6 Å². The number of sulfonamides is 1. The van der Waals surface area contributed by atoms with Crippen LogP contribution >= 0.6 is 0 Å². The van der Waals surface area contributed by atoms with Crippen molar-refractivity contribution in [3.8, 4) is 0 Å². The topological polar surface area (TPSA) is 66.5 Å². The lowest BCUT2D eigenvalue weighted by Crippen LogP contribution is -2.43. The van der Waals surface area contributed by atoms with Gasteiger partial charge >= 0.3 is 0 Å². The molecule has 1 heterocycles. The first-order chi connectivity index (χ1) is 14.7. The van der Waals surface area contributed by atoms with Gasteiger partial charge in [0.2, 0.25) is 15.9 Å². The van der Waals surface area contributed by atoms with E-state index in [0.717, 1.165) is 6.42 Å². The third kappa shape index (κ3) is 6.61. The summed E-state index contributed by atoms with van der Waals surface area (Å²) in [7, 11) is -3.48. The van der Waals surface area contributed by atoms with Gasteiger partial charge in [-0.2, -0.15) is 0 Å². The lowest BCUT2D eigenvalue weighted by atomic mass is 9.97.